The molecule has 1 aliphatic heterocycles. The lowest BCUT2D eigenvalue weighted by atomic mass is 10.0. The van der Waals surface area contributed by atoms with E-state index in [0.717, 1.165) is 67.0 Å². The third-order valence-electron chi connectivity index (χ3n) is 7.86. The van der Waals surface area contributed by atoms with E-state index in [1.807, 2.05) is 7.05 Å². The fourth-order valence-electron chi connectivity index (χ4n) is 5.69. The molecule has 0 saturated heterocycles. The summed E-state index contributed by atoms with van der Waals surface area (Å²) in [6.07, 6.45) is 1.73. The van der Waals surface area contributed by atoms with Gasteiger partial charge in [-0.05, 0) is 55.7 Å². The SMILES string of the molecule is CCc1cc(-c2ccc(CNC3CCC(N(C)c4ncnc5c4CC(CC(F)(F)F)S5)C3)cc2)nnc1CC. The Balaban J connectivity index is 1.16. The third-order valence-corrected chi connectivity index (χ3v) is 9.10. The average molecular weight is 557 g/mol. The molecular formula is C29H35F3N6S. The number of rotatable bonds is 9. The zero-order valence-electron chi connectivity index (χ0n) is 22.6. The second-order valence-corrected chi connectivity index (χ2v) is 11.8. The van der Waals surface area contributed by atoms with Crippen LogP contribution in [0.4, 0.5) is 19.0 Å². The van der Waals surface area contributed by atoms with Gasteiger partial charge in [0.05, 0.1) is 17.8 Å². The van der Waals surface area contributed by atoms with E-state index in [1.54, 1.807) is 0 Å². The van der Waals surface area contributed by atoms with Crippen LogP contribution < -0.4 is 10.2 Å². The van der Waals surface area contributed by atoms with E-state index in [9.17, 15) is 13.2 Å². The molecule has 0 spiro atoms. The summed E-state index contributed by atoms with van der Waals surface area (Å²) >= 11 is 1.23. The minimum absolute atomic E-state index is 0.285. The first kappa shape index (κ1) is 27.8. The van der Waals surface area contributed by atoms with E-state index in [-0.39, 0.29) is 6.04 Å². The van der Waals surface area contributed by atoms with Crippen molar-refractivity contribution in [3.63, 3.8) is 0 Å². The van der Waals surface area contributed by atoms with Gasteiger partial charge in [-0.3, -0.25) is 0 Å². The molecule has 39 heavy (non-hydrogen) atoms. The molecule has 3 atom stereocenters. The first-order chi connectivity index (χ1) is 18.7. The van der Waals surface area contributed by atoms with Crippen molar-refractivity contribution in [3.8, 4) is 11.3 Å². The van der Waals surface area contributed by atoms with Crippen LogP contribution in [-0.4, -0.2) is 50.7 Å². The summed E-state index contributed by atoms with van der Waals surface area (Å²) in [6.45, 7) is 5.03. The first-order valence-corrected chi connectivity index (χ1v) is 14.6. The van der Waals surface area contributed by atoms with Gasteiger partial charge in [-0.1, -0.05) is 38.1 Å². The van der Waals surface area contributed by atoms with Gasteiger partial charge in [-0.25, -0.2) is 9.97 Å². The van der Waals surface area contributed by atoms with Crippen LogP contribution in [0, 0.1) is 0 Å². The molecule has 3 aromatic rings. The maximum absolute atomic E-state index is 13.0. The highest BCUT2D eigenvalue weighted by molar-refractivity contribution is 8.00. The fourth-order valence-corrected chi connectivity index (χ4v) is 6.96. The molecule has 3 heterocycles. The summed E-state index contributed by atoms with van der Waals surface area (Å²) in [5, 5.41) is 12.7. The third kappa shape index (κ3) is 6.54. The number of thioether (sulfide) groups is 1. The smallest absolute Gasteiger partial charge is 0.356 e. The van der Waals surface area contributed by atoms with Gasteiger partial charge < -0.3 is 10.2 Å². The molecule has 5 rings (SSSR count). The molecule has 3 unspecified atom stereocenters. The van der Waals surface area contributed by atoms with Crippen molar-refractivity contribution in [1.29, 1.82) is 0 Å². The Morgan fingerprint density at radius 3 is 2.56 bits per heavy atom. The quantitative estimate of drug-likeness (QED) is 0.316. The Kier molecular flexibility index (Phi) is 8.42. The number of hydrogen-bond acceptors (Lipinski definition) is 7. The van der Waals surface area contributed by atoms with Crippen LogP contribution >= 0.6 is 11.8 Å². The first-order valence-electron chi connectivity index (χ1n) is 13.7. The van der Waals surface area contributed by atoms with Crippen molar-refractivity contribution in [2.45, 2.75) is 93.9 Å². The number of anilines is 1. The van der Waals surface area contributed by atoms with Crippen LogP contribution in [0.15, 0.2) is 41.7 Å². The molecule has 208 valence electrons. The van der Waals surface area contributed by atoms with Gasteiger partial charge in [0.2, 0.25) is 0 Å². The molecule has 2 aliphatic rings. The van der Waals surface area contributed by atoms with Crippen LogP contribution in [0.25, 0.3) is 11.3 Å². The van der Waals surface area contributed by atoms with Crippen LogP contribution in [0.2, 0.25) is 0 Å². The molecule has 0 amide bonds. The number of aryl methyl sites for hydroxylation is 2. The Bertz CT molecular complexity index is 1280. The summed E-state index contributed by atoms with van der Waals surface area (Å²) in [4.78, 5) is 10.9. The molecule has 6 nitrogen and oxygen atoms in total. The van der Waals surface area contributed by atoms with Gasteiger partial charge in [-0.2, -0.15) is 23.4 Å². The number of alkyl halides is 3. The zero-order chi connectivity index (χ0) is 27.6. The minimum atomic E-state index is -4.17. The van der Waals surface area contributed by atoms with Gasteiger partial charge in [0.1, 0.15) is 17.2 Å². The van der Waals surface area contributed by atoms with Crippen molar-refractivity contribution < 1.29 is 13.2 Å². The van der Waals surface area contributed by atoms with Gasteiger partial charge in [0.25, 0.3) is 0 Å². The van der Waals surface area contributed by atoms with Gasteiger partial charge >= 0.3 is 6.18 Å². The van der Waals surface area contributed by atoms with Crippen LogP contribution in [0.3, 0.4) is 0 Å². The monoisotopic (exact) mass is 556 g/mol. The predicted octanol–water partition coefficient (Wildman–Crippen LogP) is 6.17. The molecule has 1 aliphatic carbocycles. The van der Waals surface area contributed by atoms with Crippen LogP contribution in [0.5, 0.6) is 0 Å². The number of hydrogen-bond donors (Lipinski definition) is 1. The van der Waals surface area contributed by atoms with Crippen molar-refractivity contribution in [3.05, 3.63) is 59.0 Å². The van der Waals surface area contributed by atoms with Crippen molar-refractivity contribution in [2.75, 3.05) is 11.9 Å². The average Bonchev–Trinajstić information content (AvgIpc) is 3.57. The van der Waals surface area contributed by atoms with E-state index < -0.39 is 17.8 Å². The number of halogens is 3. The van der Waals surface area contributed by atoms with E-state index >= 15 is 0 Å². The molecule has 1 fully saturated rings. The maximum atomic E-state index is 13.0. The summed E-state index contributed by atoms with van der Waals surface area (Å²) < 4.78 is 38.9. The summed E-state index contributed by atoms with van der Waals surface area (Å²) in [7, 11) is 2.01. The lowest BCUT2D eigenvalue weighted by Crippen LogP contribution is -2.34. The number of nitrogens with zero attached hydrogens (tertiary/aromatic N) is 5. The number of aromatic nitrogens is 4. The molecule has 1 aromatic carbocycles. The summed E-state index contributed by atoms with van der Waals surface area (Å²) in [6, 6.07) is 11.3. The fraction of sp³-hybridized carbons (Fsp3) is 0.517. The molecule has 0 bridgehead atoms. The molecule has 2 aromatic heterocycles. The lowest BCUT2D eigenvalue weighted by molar-refractivity contribution is -0.134. The number of nitrogens with one attached hydrogen (secondary N) is 1. The van der Waals surface area contributed by atoms with E-state index in [4.69, 9.17) is 0 Å². The predicted molar refractivity (Wildman–Crippen MR) is 149 cm³/mol. The van der Waals surface area contributed by atoms with Crippen molar-refractivity contribution in [2.24, 2.45) is 0 Å². The second kappa shape index (κ2) is 11.8. The van der Waals surface area contributed by atoms with E-state index in [0.29, 0.717) is 17.5 Å². The highest BCUT2D eigenvalue weighted by atomic mass is 32.2. The Morgan fingerprint density at radius 1 is 1.05 bits per heavy atom. The largest absolute Gasteiger partial charge is 0.390 e. The van der Waals surface area contributed by atoms with Gasteiger partial charge in [0.15, 0.2) is 0 Å². The van der Waals surface area contributed by atoms with Gasteiger partial charge in [-0.15, -0.1) is 11.8 Å². The number of benzene rings is 1. The summed E-state index contributed by atoms with van der Waals surface area (Å²) in [5.74, 6) is 0.778. The molecule has 0 radical (unpaired) electrons. The molecule has 1 N–H and O–H groups in total. The Hall–Kier alpha value is -2.72. The van der Waals surface area contributed by atoms with Crippen molar-refractivity contribution in [1.82, 2.24) is 25.5 Å². The van der Waals surface area contributed by atoms with Gasteiger partial charge in [0, 0.05) is 42.1 Å². The Morgan fingerprint density at radius 2 is 1.85 bits per heavy atom. The zero-order valence-corrected chi connectivity index (χ0v) is 23.4. The lowest BCUT2D eigenvalue weighted by Gasteiger charge is -2.27. The van der Waals surface area contributed by atoms with E-state index in [1.165, 1.54) is 29.2 Å². The Labute approximate surface area is 232 Å². The molecule has 1 saturated carbocycles. The summed E-state index contributed by atoms with van der Waals surface area (Å²) in [5.41, 5.74) is 6.36. The van der Waals surface area contributed by atoms with E-state index in [2.05, 4.69) is 74.6 Å². The second-order valence-electron chi connectivity index (χ2n) is 10.5. The number of fused-ring (bicyclic) bond motifs is 1. The standard InChI is InChI=1S/C29H35F3N6S/c1-4-19-12-26(37-36-25(19)5-2)20-8-6-18(7-9-20)16-33-21-10-11-22(13-21)38(3)27-24-14-23(15-29(30,31)32)39-28(24)35-17-34-27/h6-9,12,17,21-23,33H,4-5,10-11,13-16H2,1-3H3. The molecule has 10 heteroatoms. The minimum Gasteiger partial charge on any atom is -0.356 e. The topological polar surface area (TPSA) is 66.8 Å². The molecular weight excluding hydrogens is 521 g/mol. The normalized spacial score (nSPS) is 20.8. The highest BCUT2D eigenvalue weighted by Crippen LogP contribution is 2.44. The van der Waals surface area contributed by atoms with Crippen LogP contribution in [-0.2, 0) is 25.8 Å². The van der Waals surface area contributed by atoms with Crippen molar-refractivity contribution >= 4 is 17.6 Å². The highest BCUT2D eigenvalue weighted by Gasteiger charge is 2.38. The maximum Gasteiger partial charge on any atom is 0.390 e. The van der Waals surface area contributed by atoms with Crippen LogP contribution in [0.1, 0.15) is 61.9 Å².